The van der Waals surface area contributed by atoms with Crippen molar-refractivity contribution < 1.29 is 0 Å². The van der Waals surface area contributed by atoms with Crippen LogP contribution in [0.4, 0.5) is 0 Å². The van der Waals surface area contributed by atoms with Crippen LogP contribution in [-0.2, 0) is 13.5 Å². The number of aryl methyl sites for hydroxylation is 4. The first-order valence-corrected chi connectivity index (χ1v) is 6.78. The highest BCUT2D eigenvalue weighted by Crippen LogP contribution is 2.25. The number of hydrogen-bond donors (Lipinski definition) is 1. The van der Waals surface area contributed by atoms with E-state index >= 15 is 0 Å². The maximum absolute atomic E-state index is 6.30. The Hall–Kier alpha value is -1.32. The van der Waals surface area contributed by atoms with E-state index in [1.165, 1.54) is 11.1 Å². The zero-order valence-corrected chi connectivity index (χ0v) is 12.6. The number of nitrogens with two attached hydrogens (primary N) is 1. The second kappa shape index (κ2) is 5.35. The van der Waals surface area contributed by atoms with Crippen LogP contribution in [-0.4, -0.2) is 9.78 Å². The molecule has 0 saturated carbocycles. The average molecular weight is 278 g/mol. The molecule has 0 amide bonds. The van der Waals surface area contributed by atoms with Crippen LogP contribution in [0.5, 0.6) is 0 Å². The highest BCUT2D eigenvalue weighted by atomic mass is 35.5. The van der Waals surface area contributed by atoms with Gasteiger partial charge in [0.15, 0.2) is 0 Å². The van der Waals surface area contributed by atoms with Gasteiger partial charge < -0.3 is 5.73 Å². The molecule has 0 spiro atoms. The second-order valence-electron chi connectivity index (χ2n) is 5.13. The van der Waals surface area contributed by atoms with Gasteiger partial charge in [0.25, 0.3) is 0 Å². The Balaban J connectivity index is 2.25. The fourth-order valence-corrected chi connectivity index (χ4v) is 2.49. The molecule has 2 aromatic rings. The predicted molar refractivity (Wildman–Crippen MR) is 79.5 cm³/mol. The third kappa shape index (κ3) is 2.82. The molecule has 0 aliphatic heterocycles. The highest BCUT2D eigenvalue weighted by molar-refractivity contribution is 6.30. The van der Waals surface area contributed by atoms with Crippen molar-refractivity contribution >= 4 is 11.6 Å². The lowest BCUT2D eigenvalue weighted by Crippen LogP contribution is -2.14. The van der Waals surface area contributed by atoms with E-state index in [1.807, 2.05) is 14.0 Å². The van der Waals surface area contributed by atoms with Crippen LogP contribution < -0.4 is 5.73 Å². The topological polar surface area (TPSA) is 43.8 Å². The number of hydrogen-bond acceptors (Lipinski definition) is 2. The largest absolute Gasteiger partial charge is 0.324 e. The Kier molecular flexibility index (Phi) is 3.97. The van der Waals surface area contributed by atoms with Gasteiger partial charge in [-0.15, -0.1) is 0 Å². The van der Waals surface area contributed by atoms with Crippen molar-refractivity contribution in [2.75, 3.05) is 0 Å². The molecule has 0 radical (unpaired) electrons. The van der Waals surface area contributed by atoms with Crippen LogP contribution in [0.15, 0.2) is 18.2 Å². The normalized spacial score (nSPS) is 12.7. The minimum atomic E-state index is -0.0558. The van der Waals surface area contributed by atoms with E-state index in [0.29, 0.717) is 11.6 Å². The number of nitrogens with zero attached hydrogens (tertiary/aromatic N) is 2. The predicted octanol–water partition coefficient (Wildman–Crippen LogP) is 3.24. The number of aromatic nitrogens is 2. The van der Waals surface area contributed by atoms with Gasteiger partial charge in [-0.3, -0.25) is 4.68 Å². The van der Waals surface area contributed by atoms with Gasteiger partial charge in [-0.05, 0) is 43.9 Å². The molecule has 0 fully saturated rings. The van der Waals surface area contributed by atoms with Crippen molar-refractivity contribution in [3.05, 3.63) is 51.3 Å². The van der Waals surface area contributed by atoms with Crippen LogP contribution in [0.2, 0.25) is 5.15 Å². The van der Waals surface area contributed by atoms with Crippen molar-refractivity contribution in [1.82, 2.24) is 9.78 Å². The molecule has 1 aromatic heterocycles. The Bertz CT molecular complexity index is 602. The minimum Gasteiger partial charge on any atom is -0.324 e. The summed E-state index contributed by atoms with van der Waals surface area (Å²) in [6.45, 7) is 6.18. The van der Waals surface area contributed by atoms with E-state index in [4.69, 9.17) is 17.3 Å². The van der Waals surface area contributed by atoms with Gasteiger partial charge in [0.05, 0.1) is 5.69 Å². The first-order valence-electron chi connectivity index (χ1n) is 6.41. The minimum absolute atomic E-state index is 0.0558. The van der Waals surface area contributed by atoms with E-state index < -0.39 is 0 Å². The van der Waals surface area contributed by atoms with Gasteiger partial charge >= 0.3 is 0 Å². The van der Waals surface area contributed by atoms with Crippen LogP contribution >= 0.6 is 11.6 Å². The first-order chi connectivity index (χ1) is 8.90. The highest BCUT2D eigenvalue weighted by Gasteiger charge is 2.16. The summed E-state index contributed by atoms with van der Waals surface area (Å²) in [5.74, 6) is 0. The summed E-state index contributed by atoms with van der Waals surface area (Å²) in [7, 11) is 1.85. The van der Waals surface area contributed by atoms with E-state index in [0.717, 1.165) is 16.8 Å². The van der Waals surface area contributed by atoms with Crippen molar-refractivity contribution in [1.29, 1.82) is 0 Å². The molecule has 102 valence electrons. The molecule has 2 N–H and O–H groups in total. The maximum Gasteiger partial charge on any atom is 0.130 e. The van der Waals surface area contributed by atoms with E-state index in [-0.39, 0.29) is 6.04 Å². The SMILES string of the molecule is Cc1ccc(C(N)Cc2c(C)nn(C)c2Cl)cc1C. The average Bonchev–Trinajstić information content (AvgIpc) is 2.59. The van der Waals surface area contributed by atoms with Gasteiger partial charge in [0.1, 0.15) is 5.15 Å². The molecule has 1 heterocycles. The molecular formula is C15H20ClN3. The Morgan fingerprint density at radius 2 is 1.95 bits per heavy atom. The summed E-state index contributed by atoms with van der Waals surface area (Å²) in [5.41, 5.74) is 12.0. The lowest BCUT2D eigenvalue weighted by molar-refractivity contribution is 0.717. The van der Waals surface area contributed by atoms with Crippen molar-refractivity contribution in [2.24, 2.45) is 12.8 Å². The van der Waals surface area contributed by atoms with Crippen LogP contribution in [0.25, 0.3) is 0 Å². The van der Waals surface area contributed by atoms with Crippen molar-refractivity contribution in [3.8, 4) is 0 Å². The van der Waals surface area contributed by atoms with Crippen LogP contribution in [0.1, 0.15) is 34.0 Å². The Morgan fingerprint density at radius 3 is 2.47 bits per heavy atom. The summed E-state index contributed by atoms with van der Waals surface area (Å²) in [6, 6.07) is 6.30. The zero-order chi connectivity index (χ0) is 14.2. The molecule has 0 bridgehead atoms. The third-order valence-corrected chi connectivity index (χ3v) is 4.13. The fraction of sp³-hybridized carbons (Fsp3) is 0.400. The van der Waals surface area contributed by atoms with E-state index in [1.54, 1.807) is 4.68 Å². The van der Waals surface area contributed by atoms with Gasteiger partial charge in [-0.1, -0.05) is 29.8 Å². The molecule has 0 aliphatic carbocycles. The van der Waals surface area contributed by atoms with Crippen molar-refractivity contribution in [2.45, 2.75) is 33.2 Å². The summed E-state index contributed by atoms with van der Waals surface area (Å²) < 4.78 is 1.69. The molecular weight excluding hydrogens is 258 g/mol. The summed E-state index contributed by atoms with van der Waals surface area (Å²) in [6.07, 6.45) is 0.709. The van der Waals surface area contributed by atoms with Crippen molar-refractivity contribution in [3.63, 3.8) is 0 Å². The lowest BCUT2D eigenvalue weighted by Gasteiger charge is -2.13. The molecule has 2 rings (SSSR count). The second-order valence-corrected chi connectivity index (χ2v) is 5.49. The fourth-order valence-electron chi connectivity index (χ4n) is 2.24. The van der Waals surface area contributed by atoms with Gasteiger partial charge in [-0.2, -0.15) is 5.10 Å². The lowest BCUT2D eigenvalue weighted by atomic mass is 9.97. The molecule has 4 heteroatoms. The summed E-state index contributed by atoms with van der Waals surface area (Å²) in [5, 5.41) is 5.00. The molecule has 0 saturated heterocycles. The first kappa shape index (κ1) is 14.1. The Morgan fingerprint density at radius 1 is 1.26 bits per heavy atom. The van der Waals surface area contributed by atoms with Crippen LogP contribution in [0.3, 0.4) is 0 Å². The molecule has 3 nitrogen and oxygen atoms in total. The number of halogens is 1. The standard InChI is InChI=1S/C15H20ClN3/c1-9-5-6-12(7-10(9)2)14(17)8-13-11(3)18-19(4)15(13)16/h5-7,14H,8,17H2,1-4H3. The smallest absolute Gasteiger partial charge is 0.130 e. The number of benzene rings is 1. The third-order valence-electron chi connectivity index (χ3n) is 3.65. The van der Waals surface area contributed by atoms with E-state index in [9.17, 15) is 0 Å². The molecule has 1 atom stereocenters. The quantitative estimate of drug-likeness (QED) is 0.936. The summed E-state index contributed by atoms with van der Waals surface area (Å²) >= 11 is 6.25. The molecule has 1 aromatic carbocycles. The number of rotatable bonds is 3. The molecule has 19 heavy (non-hydrogen) atoms. The van der Waals surface area contributed by atoms with Gasteiger partial charge in [0, 0.05) is 18.7 Å². The maximum atomic E-state index is 6.30. The van der Waals surface area contributed by atoms with Gasteiger partial charge in [0.2, 0.25) is 0 Å². The van der Waals surface area contributed by atoms with Gasteiger partial charge in [-0.25, -0.2) is 0 Å². The van der Waals surface area contributed by atoms with E-state index in [2.05, 4.69) is 37.1 Å². The van der Waals surface area contributed by atoms with Crippen LogP contribution in [0, 0.1) is 20.8 Å². The molecule has 1 unspecified atom stereocenters. The summed E-state index contributed by atoms with van der Waals surface area (Å²) in [4.78, 5) is 0. The molecule has 0 aliphatic rings. The monoisotopic (exact) mass is 277 g/mol. The zero-order valence-electron chi connectivity index (χ0n) is 11.9. The Labute approximate surface area is 119 Å².